The number of imidazole rings is 1. The number of fused-ring (bicyclic) bond motifs is 1. The Bertz CT molecular complexity index is 725. The van der Waals surface area contributed by atoms with Gasteiger partial charge in [0.25, 0.3) is 0 Å². The van der Waals surface area contributed by atoms with E-state index in [0.29, 0.717) is 6.54 Å². The third-order valence-corrected chi connectivity index (χ3v) is 5.26. The van der Waals surface area contributed by atoms with Crippen LogP contribution < -0.4 is 0 Å². The number of carbonyl (C=O) groups is 1. The van der Waals surface area contributed by atoms with Gasteiger partial charge in [0.15, 0.2) is 0 Å². The lowest BCUT2D eigenvalue weighted by Crippen LogP contribution is -2.42. The number of piperidine rings is 1. The van der Waals surface area contributed by atoms with Crippen LogP contribution in [0.15, 0.2) is 24.3 Å². The van der Waals surface area contributed by atoms with E-state index < -0.39 is 11.8 Å². The maximum absolute atomic E-state index is 13.5. The predicted octanol–water partition coefficient (Wildman–Crippen LogP) is 4.05. The molecule has 2 heterocycles. The topological polar surface area (TPSA) is 49.0 Å². The van der Waals surface area contributed by atoms with Crippen LogP contribution in [0.1, 0.15) is 50.4 Å². The number of aromatic nitrogens is 2. The first-order valence-electron chi connectivity index (χ1n) is 8.66. The highest BCUT2D eigenvalue weighted by Crippen LogP contribution is 2.41. The van der Waals surface area contributed by atoms with Gasteiger partial charge in [0.2, 0.25) is 11.8 Å². The Balaban J connectivity index is 1.60. The molecule has 2 aliphatic rings. The van der Waals surface area contributed by atoms with Gasteiger partial charge in [-0.2, -0.15) is 0 Å². The second-order valence-corrected chi connectivity index (χ2v) is 6.98. The van der Waals surface area contributed by atoms with Crippen LogP contribution in [-0.4, -0.2) is 33.2 Å². The highest BCUT2D eigenvalue weighted by Gasteiger charge is 2.45. The summed E-state index contributed by atoms with van der Waals surface area (Å²) < 4.78 is 27.0. The van der Waals surface area contributed by atoms with Crippen LogP contribution in [0.2, 0.25) is 0 Å². The van der Waals surface area contributed by atoms with Crippen molar-refractivity contribution in [3.05, 3.63) is 30.1 Å². The van der Waals surface area contributed by atoms with Gasteiger partial charge < -0.3 is 9.88 Å². The molecule has 0 spiro atoms. The molecule has 2 atom stereocenters. The molecule has 1 aliphatic heterocycles. The van der Waals surface area contributed by atoms with Crippen molar-refractivity contribution in [3.8, 4) is 0 Å². The Kier molecular flexibility index (Phi) is 3.77. The van der Waals surface area contributed by atoms with E-state index in [2.05, 4.69) is 9.97 Å². The highest BCUT2D eigenvalue weighted by atomic mass is 19.3. The van der Waals surface area contributed by atoms with Gasteiger partial charge >= 0.3 is 0 Å². The van der Waals surface area contributed by atoms with E-state index in [1.54, 1.807) is 4.90 Å². The highest BCUT2D eigenvalue weighted by molar-refractivity contribution is 5.80. The lowest BCUT2D eigenvalue weighted by atomic mass is 9.97. The Hall–Kier alpha value is -1.98. The van der Waals surface area contributed by atoms with Crippen LogP contribution in [0, 0.1) is 5.92 Å². The number of nitrogens with one attached hydrogen (secondary N) is 1. The number of amides is 1. The van der Waals surface area contributed by atoms with E-state index in [-0.39, 0.29) is 31.2 Å². The number of aromatic amines is 1. The van der Waals surface area contributed by atoms with Gasteiger partial charge in [-0.15, -0.1) is 0 Å². The van der Waals surface area contributed by atoms with Gasteiger partial charge in [0.1, 0.15) is 5.82 Å². The van der Waals surface area contributed by atoms with E-state index in [1.807, 2.05) is 24.3 Å². The van der Waals surface area contributed by atoms with Gasteiger partial charge in [0, 0.05) is 25.3 Å². The average molecular weight is 333 g/mol. The second kappa shape index (κ2) is 5.83. The molecule has 1 aliphatic carbocycles. The minimum Gasteiger partial charge on any atom is -0.340 e. The van der Waals surface area contributed by atoms with E-state index in [0.717, 1.165) is 36.1 Å². The van der Waals surface area contributed by atoms with Gasteiger partial charge in [-0.3, -0.25) is 4.79 Å². The molecule has 24 heavy (non-hydrogen) atoms. The molecular formula is C18H21F2N3O. The molecule has 0 radical (unpaired) electrons. The van der Waals surface area contributed by atoms with Gasteiger partial charge in [0.05, 0.1) is 17.1 Å². The normalized spacial score (nSPS) is 26.8. The standard InChI is InChI=1S/C18H21F2N3O/c19-18(20)9-8-12(11-18)17(24)23-10-4-3-7-15(23)16-21-13-5-1-2-6-14(13)22-16/h1-2,5-6,12,15H,3-4,7-11H2,(H,21,22). The molecule has 1 saturated heterocycles. The zero-order valence-electron chi connectivity index (χ0n) is 13.5. The van der Waals surface area contributed by atoms with Crippen molar-refractivity contribution in [2.75, 3.05) is 6.54 Å². The van der Waals surface area contributed by atoms with Crippen molar-refractivity contribution in [1.29, 1.82) is 0 Å². The van der Waals surface area contributed by atoms with Crippen LogP contribution in [0.5, 0.6) is 0 Å². The number of H-pyrrole nitrogens is 1. The number of hydrogen-bond acceptors (Lipinski definition) is 2. The van der Waals surface area contributed by atoms with E-state index in [9.17, 15) is 13.6 Å². The van der Waals surface area contributed by atoms with Crippen molar-refractivity contribution < 1.29 is 13.6 Å². The van der Waals surface area contributed by atoms with Gasteiger partial charge in [-0.1, -0.05) is 12.1 Å². The molecule has 0 bridgehead atoms. The van der Waals surface area contributed by atoms with Gasteiger partial charge in [-0.05, 0) is 37.8 Å². The van der Waals surface area contributed by atoms with Crippen LogP contribution >= 0.6 is 0 Å². The molecule has 2 fully saturated rings. The zero-order valence-corrected chi connectivity index (χ0v) is 13.5. The molecule has 2 unspecified atom stereocenters. The summed E-state index contributed by atoms with van der Waals surface area (Å²) in [5.41, 5.74) is 1.82. The SMILES string of the molecule is O=C(C1CCC(F)(F)C1)N1CCCCC1c1nc2ccccc2[nH]1. The predicted molar refractivity (Wildman–Crippen MR) is 86.7 cm³/mol. The Labute approximate surface area is 139 Å². The lowest BCUT2D eigenvalue weighted by molar-refractivity contribution is -0.140. The minimum absolute atomic E-state index is 0.127. The Morgan fingerprint density at radius 1 is 1.25 bits per heavy atom. The van der Waals surface area contributed by atoms with E-state index in [4.69, 9.17) is 0 Å². The summed E-state index contributed by atoms with van der Waals surface area (Å²) in [6.45, 7) is 0.628. The fraction of sp³-hybridized carbons (Fsp3) is 0.556. The largest absolute Gasteiger partial charge is 0.340 e. The fourth-order valence-corrected chi connectivity index (χ4v) is 4.01. The number of likely N-dealkylation sites (tertiary alicyclic amines) is 1. The molecule has 2 aromatic rings. The van der Waals surface area contributed by atoms with Crippen molar-refractivity contribution >= 4 is 16.9 Å². The summed E-state index contributed by atoms with van der Waals surface area (Å²) >= 11 is 0. The quantitative estimate of drug-likeness (QED) is 0.901. The molecule has 128 valence electrons. The number of halogens is 2. The molecule has 6 heteroatoms. The number of benzene rings is 1. The van der Waals surface area contributed by atoms with Crippen molar-refractivity contribution in [2.45, 2.75) is 50.5 Å². The van der Waals surface area contributed by atoms with Crippen LogP contribution in [0.3, 0.4) is 0 Å². The first-order chi connectivity index (χ1) is 11.5. The molecule has 1 amide bonds. The summed E-state index contributed by atoms with van der Waals surface area (Å²) in [6, 6.07) is 7.62. The summed E-state index contributed by atoms with van der Waals surface area (Å²) in [6.07, 6.45) is 2.57. The Morgan fingerprint density at radius 3 is 2.83 bits per heavy atom. The number of nitrogens with zero attached hydrogens (tertiary/aromatic N) is 2. The number of para-hydroxylation sites is 2. The monoisotopic (exact) mass is 333 g/mol. The Morgan fingerprint density at radius 2 is 2.08 bits per heavy atom. The zero-order chi connectivity index (χ0) is 16.7. The third-order valence-electron chi connectivity index (χ3n) is 5.26. The second-order valence-electron chi connectivity index (χ2n) is 6.98. The molecule has 1 aromatic heterocycles. The smallest absolute Gasteiger partial charge is 0.248 e. The first kappa shape index (κ1) is 15.5. The summed E-state index contributed by atoms with van der Waals surface area (Å²) in [5.74, 6) is -2.60. The lowest BCUT2D eigenvalue weighted by Gasteiger charge is -2.36. The molecule has 1 saturated carbocycles. The summed E-state index contributed by atoms with van der Waals surface area (Å²) in [4.78, 5) is 22.6. The molecular weight excluding hydrogens is 312 g/mol. The number of rotatable bonds is 2. The summed E-state index contributed by atoms with van der Waals surface area (Å²) in [5, 5.41) is 0. The maximum Gasteiger partial charge on any atom is 0.248 e. The van der Waals surface area contributed by atoms with Crippen LogP contribution in [0.4, 0.5) is 8.78 Å². The summed E-state index contributed by atoms with van der Waals surface area (Å²) in [7, 11) is 0. The fourth-order valence-electron chi connectivity index (χ4n) is 4.01. The molecule has 4 nitrogen and oxygen atoms in total. The van der Waals surface area contributed by atoms with E-state index >= 15 is 0 Å². The van der Waals surface area contributed by atoms with Crippen LogP contribution in [-0.2, 0) is 4.79 Å². The third kappa shape index (κ3) is 2.78. The average Bonchev–Trinajstić information content (AvgIpc) is 3.17. The van der Waals surface area contributed by atoms with Crippen molar-refractivity contribution in [1.82, 2.24) is 14.9 Å². The van der Waals surface area contributed by atoms with Crippen molar-refractivity contribution in [3.63, 3.8) is 0 Å². The molecule has 1 aromatic carbocycles. The number of carbonyl (C=O) groups excluding carboxylic acids is 1. The van der Waals surface area contributed by atoms with Gasteiger partial charge in [-0.25, -0.2) is 13.8 Å². The molecule has 1 N–H and O–H groups in total. The van der Waals surface area contributed by atoms with Crippen molar-refractivity contribution in [2.24, 2.45) is 5.92 Å². The minimum atomic E-state index is -2.69. The number of hydrogen-bond donors (Lipinski definition) is 1. The van der Waals surface area contributed by atoms with Crippen LogP contribution in [0.25, 0.3) is 11.0 Å². The maximum atomic E-state index is 13.5. The molecule has 4 rings (SSSR count). The number of alkyl halides is 2. The first-order valence-corrected chi connectivity index (χ1v) is 8.66. The van der Waals surface area contributed by atoms with E-state index in [1.165, 1.54) is 0 Å².